The maximum Gasteiger partial charge on any atom is 0.348 e. The Balaban J connectivity index is 2.92. The van der Waals surface area contributed by atoms with Gasteiger partial charge in [0.25, 0.3) is 0 Å². The first-order valence-corrected chi connectivity index (χ1v) is 11.0. The zero-order valence-corrected chi connectivity index (χ0v) is 12.1. The van der Waals surface area contributed by atoms with Crippen molar-refractivity contribution >= 4 is 15.9 Å². The van der Waals surface area contributed by atoms with Crippen molar-refractivity contribution in [3.05, 3.63) is 0 Å². The van der Waals surface area contributed by atoms with Crippen LogP contribution in [0.2, 0.25) is 19.1 Å². The molecule has 0 amide bonds. The van der Waals surface area contributed by atoms with E-state index in [1.165, 1.54) is 0 Å². The minimum Gasteiger partial charge on any atom is -0.409 e. The Hall–Kier alpha value is 0.314. The van der Waals surface area contributed by atoms with Crippen LogP contribution in [-0.2, 0) is 13.3 Å². The molecule has 14 heavy (non-hydrogen) atoms. The first-order chi connectivity index (χ1) is 6.29. The van der Waals surface area contributed by atoms with Crippen molar-refractivity contribution in [2.24, 2.45) is 0 Å². The zero-order valence-electron chi connectivity index (χ0n) is 10.1. The molecule has 1 heterocycles. The van der Waals surface area contributed by atoms with Gasteiger partial charge >= 0.3 is 8.08 Å². The molecule has 0 aliphatic carbocycles. The number of rotatable bonds is 2. The van der Waals surface area contributed by atoms with Crippen molar-refractivity contribution in [3.63, 3.8) is 0 Å². The lowest BCUT2D eigenvalue weighted by Gasteiger charge is -2.49. The summed E-state index contributed by atoms with van der Waals surface area (Å²) in [6, 6.07) is 1.06. The second-order valence-electron chi connectivity index (χ2n) is 5.03. The number of hydrogen-bond acceptors (Lipinski definition) is 3. The van der Waals surface area contributed by atoms with Crippen LogP contribution >= 0.6 is 0 Å². The summed E-state index contributed by atoms with van der Waals surface area (Å²) in [5.41, 5.74) is 0.00326. The average Bonchev–Trinajstić information content (AvgIpc) is 2.03. The minimum absolute atomic E-state index is 0.00326. The highest BCUT2D eigenvalue weighted by molar-refractivity contribution is 7.34. The van der Waals surface area contributed by atoms with Crippen molar-refractivity contribution < 1.29 is 13.3 Å². The van der Waals surface area contributed by atoms with E-state index in [0.29, 0.717) is 0 Å². The highest BCUT2D eigenvalue weighted by Crippen LogP contribution is 2.39. The molecule has 1 aliphatic rings. The first kappa shape index (κ1) is 12.4. The normalized spacial score (nSPS) is 28.7. The summed E-state index contributed by atoms with van der Waals surface area (Å²) in [6.45, 7) is 8.75. The lowest BCUT2D eigenvalue weighted by atomic mass is 10.1. The van der Waals surface area contributed by atoms with Gasteiger partial charge in [0.05, 0.1) is 5.60 Å². The fourth-order valence-corrected chi connectivity index (χ4v) is 13.5. The van der Waals surface area contributed by atoms with Gasteiger partial charge in [0.2, 0.25) is 7.83 Å². The van der Waals surface area contributed by atoms with Gasteiger partial charge in [-0.3, -0.25) is 0 Å². The van der Waals surface area contributed by atoms with E-state index < -0.39 is 15.9 Å². The highest BCUT2D eigenvalue weighted by Gasteiger charge is 2.59. The lowest BCUT2D eigenvalue weighted by Crippen LogP contribution is -2.69. The van der Waals surface area contributed by atoms with Gasteiger partial charge in [-0.1, -0.05) is 0 Å². The van der Waals surface area contributed by atoms with Crippen LogP contribution in [0.5, 0.6) is 0 Å². The third kappa shape index (κ3) is 1.97. The Bertz CT molecular complexity index is 212. The van der Waals surface area contributed by atoms with Gasteiger partial charge in [0, 0.05) is 14.2 Å². The van der Waals surface area contributed by atoms with Gasteiger partial charge in [-0.25, -0.2) is 0 Å². The summed E-state index contributed by atoms with van der Waals surface area (Å²) in [6.07, 6.45) is 1.04. The van der Waals surface area contributed by atoms with Crippen LogP contribution in [0.15, 0.2) is 0 Å². The molecular weight excluding hydrogens is 212 g/mol. The predicted molar refractivity (Wildman–Crippen MR) is 61.8 cm³/mol. The quantitative estimate of drug-likeness (QED) is 0.686. The van der Waals surface area contributed by atoms with Crippen LogP contribution in [0.4, 0.5) is 0 Å². The van der Waals surface area contributed by atoms with Gasteiger partial charge in [-0.05, 0) is 39.4 Å². The van der Waals surface area contributed by atoms with Crippen LogP contribution in [-0.4, -0.2) is 35.7 Å². The number of hydrogen-bond donors (Lipinski definition) is 0. The Morgan fingerprint density at radius 2 is 1.64 bits per heavy atom. The van der Waals surface area contributed by atoms with E-state index in [-0.39, 0.29) is 5.60 Å². The summed E-state index contributed by atoms with van der Waals surface area (Å²) in [5.74, 6) is 0. The second-order valence-corrected chi connectivity index (χ2v) is 17.0. The van der Waals surface area contributed by atoms with Gasteiger partial charge in [-0.15, -0.1) is 0 Å². The van der Waals surface area contributed by atoms with Gasteiger partial charge < -0.3 is 13.3 Å². The van der Waals surface area contributed by atoms with Crippen molar-refractivity contribution in [2.45, 2.75) is 45.0 Å². The molecule has 3 nitrogen and oxygen atoms in total. The standard InChI is InChI=1S/C9H22O3Si2/c1-9(2)7-8-14(10-3,11-4)13(5,6)12-9/h7-8H2,1-6H3. The molecule has 0 aromatic rings. The van der Waals surface area contributed by atoms with Gasteiger partial charge in [0.15, 0.2) is 0 Å². The molecule has 0 aromatic heterocycles. The van der Waals surface area contributed by atoms with E-state index in [1.807, 2.05) is 0 Å². The molecule has 1 saturated heterocycles. The topological polar surface area (TPSA) is 27.7 Å². The fourth-order valence-electron chi connectivity index (χ4n) is 2.37. The second kappa shape index (κ2) is 3.71. The van der Waals surface area contributed by atoms with Crippen LogP contribution in [0.1, 0.15) is 20.3 Å². The molecular formula is C9H22O3Si2. The maximum atomic E-state index is 6.21. The molecule has 1 rings (SSSR count). The largest absolute Gasteiger partial charge is 0.409 e. The molecule has 84 valence electrons. The summed E-state index contributed by atoms with van der Waals surface area (Å²) in [5, 5.41) is 0. The molecule has 0 atom stereocenters. The Morgan fingerprint density at radius 3 is 2.00 bits per heavy atom. The van der Waals surface area contributed by atoms with Gasteiger partial charge in [0.1, 0.15) is 0 Å². The molecule has 1 fully saturated rings. The van der Waals surface area contributed by atoms with Gasteiger partial charge in [-0.2, -0.15) is 0 Å². The Labute approximate surface area is 88.9 Å². The molecule has 0 radical (unpaired) electrons. The SMILES string of the molecule is CO[Si]1(OC)CCC(C)(C)O[Si]1(C)C. The van der Waals surface area contributed by atoms with Crippen LogP contribution < -0.4 is 0 Å². The highest BCUT2D eigenvalue weighted by atomic mass is 29.3. The monoisotopic (exact) mass is 234 g/mol. The zero-order chi connectivity index (χ0) is 11.0. The molecule has 0 aromatic carbocycles. The molecule has 1 aliphatic heterocycles. The van der Waals surface area contributed by atoms with Crippen LogP contribution in [0.3, 0.4) is 0 Å². The predicted octanol–water partition coefficient (Wildman–Crippen LogP) is 2.20. The van der Waals surface area contributed by atoms with Crippen molar-refractivity contribution in [2.75, 3.05) is 14.2 Å². The first-order valence-electron chi connectivity index (χ1n) is 5.09. The van der Waals surface area contributed by atoms with Crippen molar-refractivity contribution in [1.82, 2.24) is 0 Å². The molecule has 0 spiro atoms. The van der Waals surface area contributed by atoms with Crippen LogP contribution in [0.25, 0.3) is 0 Å². The molecule has 0 N–H and O–H groups in total. The minimum atomic E-state index is -2.03. The Kier molecular flexibility index (Phi) is 3.29. The van der Waals surface area contributed by atoms with Crippen molar-refractivity contribution in [3.8, 4) is 0 Å². The average molecular weight is 234 g/mol. The molecule has 5 heteroatoms. The van der Waals surface area contributed by atoms with Crippen molar-refractivity contribution in [1.29, 1.82) is 0 Å². The lowest BCUT2D eigenvalue weighted by molar-refractivity contribution is 0.0758. The van der Waals surface area contributed by atoms with E-state index in [9.17, 15) is 0 Å². The summed E-state index contributed by atoms with van der Waals surface area (Å²) >= 11 is 0. The smallest absolute Gasteiger partial charge is 0.348 e. The third-order valence-electron chi connectivity index (χ3n) is 3.16. The third-order valence-corrected chi connectivity index (χ3v) is 16.1. The summed E-state index contributed by atoms with van der Waals surface area (Å²) in [7, 11) is -0.302. The molecule has 0 bridgehead atoms. The summed E-state index contributed by atoms with van der Waals surface area (Å²) in [4.78, 5) is 0. The molecule has 0 saturated carbocycles. The Morgan fingerprint density at radius 1 is 1.14 bits per heavy atom. The van der Waals surface area contributed by atoms with Crippen LogP contribution in [0, 0.1) is 0 Å². The fraction of sp³-hybridized carbons (Fsp3) is 1.00. The summed E-state index contributed by atoms with van der Waals surface area (Å²) < 4.78 is 17.6. The molecule has 0 unspecified atom stereocenters. The van der Waals surface area contributed by atoms with E-state index >= 15 is 0 Å². The van der Waals surface area contributed by atoms with E-state index in [2.05, 4.69) is 26.9 Å². The maximum absolute atomic E-state index is 6.21. The van der Waals surface area contributed by atoms with E-state index in [0.717, 1.165) is 12.5 Å². The van der Waals surface area contributed by atoms with E-state index in [1.54, 1.807) is 14.2 Å². The van der Waals surface area contributed by atoms with E-state index in [4.69, 9.17) is 13.3 Å².